The standard InChI is InChI=1S/C23H24N4O3/c1-15(28)24-18-8-4-9-19(13-18)25-22(29)17-7-5-11-27(14-17)23(30)21-12-16-6-2-3-10-20(16)26-21/h2-4,6,8-10,12-13,17,26H,5,7,11,14H2,1H3,(H,24,28)(H,25,29)/t17-/m0/s1. The zero-order valence-electron chi connectivity index (χ0n) is 16.8. The fourth-order valence-electron chi connectivity index (χ4n) is 3.86. The molecule has 0 saturated carbocycles. The van der Waals surface area contributed by atoms with Crippen LogP contribution in [0.15, 0.2) is 54.6 Å². The number of nitrogens with zero attached hydrogens (tertiary/aromatic N) is 1. The molecule has 154 valence electrons. The van der Waals surface area contributed by atoms with Crippen LogP contribution >= 0.6 is 0 Å². The Hall–Kier alpha value is -3.61. The van der Waals surface area contributed by atoms with E-state index in [0.717, 1.165) is 23.7 Å². The smallest absolute Gasteiger partial charge is 0.270 e. The minimum absolute atomic E-state index is 0.0867. The monoisotopic (exact) mass is 404 g/mol. The van der Waals surface area contributed by atoms with E-state index in [1.165, 1.54) is 6.92 Å². The molecule has 3 aromatic rings. The first-order valence-corrected chi connectivity index (χ1v) is 10.0. The maximum atomic E-state index is 13.0. The minimum Gasteiger partial charge on any atom is -0.351 e. The van der Waals surface area contributed by atoms with Gasteiger partial charge in [-0.2, -0.15) is 0 Å². The van der Waals surface area contributed by atoms with Crippen LogP contribution in [0.1, 0.15) is 30.3 Å². The average molecular weight is 404 g/mol. The molecule has 3 amide bonds. The molecule has 1 saturated heterocycles. The van der Waals surface area contributed by atoms with Crippen LogP contribution in [0.5, 0.6) is 0 Å². The number of amides is 3. The average Bonchev–Trinajstić information content (AvgIpc) is 3.17. The van der Waals surface area contributed by atoms with Gasteiger partial charge in [-0.25, -0.2) is 0 Å². The Labute approximate surface area is 174 Å². The molecule has 7 heteroatoms. The summed E-state index contributed by atoms with van der Waals surface area (Å²) in [6, 6.07) is 16.6. The highest BCUT2D eigenvalue weighted by Gasteiger charge is 2.29. The molecule has 2 aromatic carbocycles. The number of fused-ring (bicyclic) bond motifs is 1. The Balaban J connectivity index is 1.42. The van der Waals surface area contributed by atoms with Gasteiger partial charge in [-0.05, 0) is 43.2 Å². The molecule has 1 aliphatic rings. The molecule has 0 spiro atoms. The SMILES string of the molecule is CC(=O)Nc1cccc(NC(=O)[C@H]2CCCN(C(=O)c3cc4ccccc4[nH]3)C2)c1. The largest absolute Gasteiger partial charge is 0.351 e. The lowest BCUT2D eigenvalue weighted by atomic mass is 9.96. The number of hydrogen-bond acceptors (Lipinski definition) is 3. The summed E-state index contributed by atoms with van der Waals surface area (Å²) in [6.45, 7) is 2.45. The third-order valence-electron chi connectivity index (χ3n) is 5.29. The van der Waals surface area contributed by atoms with Gasteiger partial charge in [0.25, 0.3) is 5.91 Å². The number of H-pyrrole nitrogens is 1. The molecule has 1 atom stereocenters. The molecule has 0 radical (unpaired) electrons. The summed E-state index contributed by atoms with van der Waals surface area (Å²) >= 11 is 0. The van der Waals surface area contributed by atoms with Crippen LogP contribution in [0, 0.1) is 5.92 Å². The summed E-state index contributed by atoms with van der Waals surface area (Å²) in [7, 11) is 0. The van der Waals surface area contributed by atoms with Crippen molar-refractivity contribution in [2.45, 2.75) is 19.8 Å². The molecule has 30 heavy (non-hydrogen) atoms. The van der Waals surface area contributed by atoms with Gasteiger partial charge in [0.05, 0.1) is 5.92 Å². The van der Waals surface area contributed by atoms with Crippen LogP contribution in [0.25, 0.3) is 10.9 Å². The molecule has 4 rings (SSSR count). The van der Waals surface area contributed by atoms with E-state index in [4.69, 9.17) is 0 Å². The van der Waals surface area contributed by atoms with Gasteiger partial charge in [0, 0.05) is 42.3 Å². The van der Waals surface area contributed by atoms with Crippen molar-refractivity contribution in [3.8, 4) is 0 Å². The van der Waals surface area contributed by atoms with Crippen molar-refractivity contribution in [2.75, 3.05) is 23.7 Å². The van der Waals surface area contributed by atoms with Gasteiger partial charge < -0.3 is 20.5 Å². The van der Waals surface area contributed by atoms with E-state index in [0.29, 0.717) is 30.2 Å². The zero-order valence-corrected chi connectivity index (χ0v) is 16.8. The van der Waals surface area contributed by atoms with Gasteiger partial charge in [0.1, 0.15) is 5.69 Å². The summed E-state index contributed by atoms with van der Waals surface area (Å²) in [4.78, 5) is 41.9. The molecule has 2 heterocycles. The lowest BCUT2D eigenvalue weighted by Gasteiger charge is -2.31. The molecular weight excluding hydrogens is 380 g/mol. The summed E-state index contributed by atoms with van der Waals surface area (Å²) in [5.41, 5.74) is 2.70. The van der Waals surface area contributed by atoms with Crippen molar-refractivity contribution in [3.63, 3.8) is 0 Å². The lowest BCUT2D eigenvalue weighted by Crippen LogP contribution is -2.43. The number of hydrogen-bond donors (Lipinski definition) is 3. The minimum atomic E-state index is -0.281. The predicted molar refractivity (Wildman–Crippen MR) is 116 cm³/mol. The number of anilines is 2. The van der Waals surface area contributed by atoms with Crippen LogP contribution in [0.4, 0.5) is 11.4 Å². The molecule has 7 nitrogen and oxygen atoms in total. The third-order valence-corrected chi connectivity index (χ3v) is 5.29. The first kappa shape index (κ1) is 19.7. The molecule has 0 bridgehead atoms. The highest BCUT2D eigenvalue weighted by Crippen LogP contribution is 2.23. The number of likely N-dealkylation sites (tertiary alicyclic amines) is 1. The lowest BCUT2D eigenvalue weighted by molar-refractivity contribution is -0.121. The van der Waals surface area contributed by atoms with E-state index in [-0.39, 0.29) is 23.6 Å². The van der Waals surface area contributed by atoms with Crippen LogP contribution in [-0.4, -0.2) is 40.7 Å². The molecule has 1 aromatic heterocycles. The van der Waals surface area contributed by atoms with Crippen molar-refractivity contribution in [1.82, 2.24) is 9.88 Å². The Morgan fingerprint density at radius 3 is 2.53 bits per heavy atom. The fourth-order valence-corrected chi connectivity index (χ4v) is 3.86. The highest BCUT2D eigenvalue weighted by atomic mass is 16.2. The number of para-hydroxylation sites is 1. The van der Waals surface area contributed by atoms with Crippen molar-refractivity contribution >= 4 is 40.0 Å². The van der Waals surface area contributed by atoms with Crippen molar-refractivity contribution < 1.29 is 14.4 Å². The molecule has 0 unspecified atom stereocenters. The maximum Gasteiger partial charge on any atom is 0.270 e. The van der Waals surface area contributed by atoms with Crippen molar-refractivity contribution in [1.29, 1.82) is 0 Å². The van der Waals surface area contributed by atoms with Gasteiger partial charge in [0.2, 0.25) is 11.8 Å². The van der Waals surface area contributed by atoms with Crippen LogP contribution in [0.3, 0.4) is 0 Å². The van der Waals surface area contributed by atoms with Gasteiger partial charge >= 0.3 is 0 Å². The second-order valence-corrected chi connectivity index (χ2v) is 7.61. The summed E-state index contributed by atoms with van der Waals surface area (Å²) in [5.74, 6) is -0.658. The quantitative estimate of drug-likeness (QED) is 0.620. The first-order chi connectivity index (χ1) is 14.5. The Bertz CT molecular complexity index is 1070. The number of nitrogens with one attached hydrogen (secondary N) is 3. The fraction of sp³-hybridized carbons (Fsp3) is 0.261. The first-order valence-electron chi connectivity index (χ1n) is 10.0. The number of piperidine rings is 1. The maximum absolute atomic E-state index is 13.0. The van der Waals surface area contributed by atoms with E-state index >= 15 is 0 Å². The van der Waals surface area contributed by atoms with E-state index in [9.17, 15) is 14.4 Å². The van der Waals surface area contributed by atoms with Crippen LogP contribution < -0.4 is 10.6 Å². The molecule has 1 aliphatic heterocycles. The van der Waals surface area contributed by atoms with Crippen LogP contribution in [0.2, 0.25) is 0 Å². The summed E-state index contributed by atoms with van der Waals surface area (Å²) in [5, 5.41) is 6.60. The Morgan fingerprint density at radius 2 is 1.77 bits per heavy atom. The normalized spacial score (nSPS) is 16.3. The van der Waals surface area contributed by atoms with E-state index in [1.54, 1.807) is 29.2 Å². The predicted octanol–water partition coefficient (Wildman–Crippen LogP) is 3.62. The van der Waals surface area contributed by atoms with Crippen molar-refractivity contribution in [3.05, 3.63) is 60.3 Å². The number of benzene rings is 2. The van der Waals surface area contributed by atoms with Gasteiger partial charge in [-0.3, -0.25) is 14.4 Å². The molecule has 0 aliphatic carbocycles. The third kappa shape index (κ3) is 4.35. The molecular formula is C23H24N4O3. The van der Waals surface area contributed by atoms with E-state index < -0.39 is 0 Å². The Kier molecular flexibility index (Phi) is 5.52. The number of carbonyl (C=O) groups excluding carboxylic acids is 3. The number of carbonyl (C=O) groups is 3. The summed E-state index contributed by atoms with van der Waals surface area (Å²) in [6.07, 6.45) is 1.50. The van der Waals surface area contributed by atoms with Gasteiger partial charge in [0.15, 0.2) is 0 Å². The Morgan fingerprint density at radius 1 is 1.00 bits per heavy atom. The second kappa shape index (κ2) is 8.41. The van der Waals surface area contributed by atoms with Gasteiger partial charge in [-0.1, -0.05) is 24.3 Å². The topological polar surface area (TPSA) is 94.3 Å². The van der Waals surface area contributed by atoms with E-state index in [1.807, 2.05) is 30.3 Å². The van der Waals surface area contributed by atoms with Crippen LogP contribution in [-0.2, 0) is 9.59 Å². The molecule has 1 fully saturated rings. The zero-order chi connectivity index (χ0) is 21.1. The second-order valence-electron chi connectivity index (χ2n) is 7.61. The number of aromatic amines is 1. The molecule has 3 N–H and O–H groups in total. The van der Waals surface area contributed by atoms with Crippen molar-refractivity contribution in [2.24, 2.45) is 5.92 Å². The number of rotatable bonds is 4. The highest BCUT2D eigenvalue weighted by molar-refractivity contribution is 5.99. The number of aromatic nitrogens is 1. The van der Waals surface area contributed by atoms with E-state index in [2.05, 4.69) is 15.6 Å². The van der Waals surface area contributed by atoms with Gasteiger partial charge in [-0.15, -0.1) is 0 Å². The summed E-state index contributed by atoms with van der Waals surface area (Å²) < 4.78 is 0.